The van der Waals surface area contributed by atoms with E-state index in [1.807, 2.05) is 12.1 Å². The number of nitrogens with two attached hydrogens (primary N) is 1. The molecule has 0 heterocycles. The number of nitrogens with zero attached hydrogens (tertiary/aromatic N) is 2. The first-order valence-corrected chi connectivity index (χ1v) is 6.10. The molecule has 0 aliphatic carbocycles. The van der Waals surface area contributed by atoms with Gasteiger partial charge in [-0.1, -0.05) is 12.1 Å². The van der Waals surface area contributed by atoms with E-state index in [0.29, 0.717) is 25.1 Å². The van der Waals surface area contributed by atoms with Crippen LogP contribution < -0.4 is 5.73 Å². The van der Waals surface area contributed by atoms with Gasteiger partial charge in [0.25, 0.3) is 0 Å². The Morgan fingerprint density at radius 2 is 2.00 bits per heavy atom. The molecule has 4 nitrogen and oxygen atoms in total. The summed E-state index contributed by atoms with van der Waals surface area (Å²) in [4.78, 5) is 13.5. The molecule has 0 atom stereocenters. The third-order valence-corrected chi connectivity index (χ3v) is 2.77. The SMILES string of the molecule is CN(Cc1ccc(C#N)cc1)C(=O)CCCCN. The average Bonchev–Trinajstić information content (AvgIpc) is 2.39. The smallest absolute Gasteiger partial charge is 0.222 e. The number of hydrogen-bond acceptors (Lipinski definition) is 3. The average molecular weight is 245 g/mol. The molecule has 2 N–H and O–H groups in total. The zero-order valence-corrected chi connectivity index (χ0v) is 10.7. The molecule has 0 aromatic heterocycles. The fourth-order valence-electron chi connectivity index (χ4n) is 1.66. The Labute approximate surface area is 108 Å². The van der Waals surface area contributed by atoms with Crippen molar-refractivity contribution in [1.29, 1.82) is 5.26 Å². The molecule has 96 valence electrons. The Morgan fingerprint density at radius 3 is 2.56 bits per heavy atom. The monoisotopic (exact) mass is 245 g/mol. The fourth-order valence-corrected chi connectivity index (χ4v) is 1.66. The summed E-state index contributed by atoms with van der Waals surface area (Å²) in [5.74, 6) is 0.132. The van der Waals surface area contributed by atoms with Gasteiger partial charge in [-0.05, 0) is 37.1 Å². The van der Waals surface area contributed by atoms with E-state index in [1.165, 1.54) is 0 Å². The maximum absolute atomic E-state index is 11.8. The Hall–Kier alpha value is -1.86. The molecule has 1 aromatic carbocycles. The van der Waals surface area contributed by atoms with Crippen molar-refractivity contribution in [3.8, 4) is 6.07 Å². The van der Waals surface area contributed by atoms with Crippen LogP contribution in [0.3, 0.4) is 0 Å². The van der Waals surface area contributed by atoms with Gasteiger partial charge in [-0.2, -0.15) is 5.26 Å². The first kappa shape index (κ1) is 14.2. The largest absolute Gasteiger partial charge is 0.341 e. The summed E-state index contributed by atoms with van der Waals surface area (Å²) in [6.07, 6.45) is 2.27. The summed E-state index contributed by atoms with van der Waals surface area (Å²) in [5, 5.41) is 8.69. The van der Waals surface area contributed by atoms with Crippen molar-refractivity contribution < 1.29 is 4.79 Å². The van der Waals surface area contributed by atoms with Crippen LogP contribution in [0.25, 0.3) is 0 Å². The topological polar surface area (TPSA) is 70.1 Å². The highest BCUT2D eigenvalue weighted by Gasteiger charge is 2.08. The maximum atomic E-state index is 11.8. The van der Waals surface area contributed by atoms with Crippen molar-refractivity contribution in [2.24, 2.45) is 5.73 Å². The van der Waals surface area contributed by atoms with Crippen molar-refractivity contribution >= 4 is 5.91 Å². The number of hydrogen-bond donors (Lipinski definition) is 1. The first-order valence-electron chi connectivity index (χ1n) is 6.10. The molecule has 1 rings (SSSR count). The van der Waals surface area contributed by atoms with Crippen LogP contribution in [0, 0.1) is 11.3 Å². The van der Waals surface area contributed by atoms with Crippen molar-refractivity contribution in [1.82, 2.24) is 4.90 Å². The van der Waals surface area contributed by atoms with Crippen LogP contribution in [0.5, 0.6) is 0 Å². The number of rotatable bonds is 6. The Kier molecular flexibility index (Phi) is 5.89. The van der Waals surface area contributed by atoms with E-state index in [9.17, 15) is 4.79 Å². The lowest BCUT2D eigenvalue weighted by Gasteiger charge is -2.17. The minimum atomic E-state index is 0.132. The van der Waals surface area contributed by atoms with Gasteiger partial charge < -0.3 is 10.6 Å². The Balaban J connectivity index is 2.45. The van der Waals surface area contributed by atoms with Gasteiger partial charge in [0.2, 0.25) is 5.91 Å². The van der Waals surface area contributed by atoms with Gasteiger partial charge in [0.15, 0.2) is 0 Å². The molecule has 1 amide bonds. The summed E-state index contributed by atoms with van der Waals surface area (Å²) >= 11 is 0. The molecule has 18 heavy (non-hydrogen) atoms. The van der Waals surface area contributed by atoms with E-state index in [-0.39, 0.29) is 5.91 Å². The number of carbonyl (C=O) groups is 1. The lowest BCUT2D eigenvalue weighted by Crippen LogP contribution is -2.26. The van der Waals surface area contributed by atoms with Crippen LogP contribution >= 0.6 is 0 Å². The minimum Gasteiger partial charge on any atom is -0.341 e. The van der Waals surface area contributed by atoms with Gasteiger partial charge in [-0.15, -0.1) is 0 Å². The Morgan fingerprint density at radius 1 is 1.33 bits per heavy atom. The van der Waals surface area contributed by atoms with Gasteiger partial charge in [0.1, 0.15) is 0 Å². The second kappa shape index (κ2) is 7.46. The second-order valence-electron chi connectivity index (χ2n) is 4.30. The minimum absolute atomic E-state index is 0.132. The number of benzene rings is 1. The molecular formula is C14H19N3O. The summed E-state index contributed by atoms with van der Waals surface area (Å²) in [6, 6.07) is 9.36. The zero-order valence-electron chi connectivity index (χ0n) is 10.7. The zero-order chi connectivity index (χ0) is 13.4. The van der Waals surface area contributed by atoms with Gasteiger partial charge in [0.05, 0.1) is 11.6 Å². The van der Waals surface area contributed by atoms with Gasteiger partial charge in [-0.3, -0.25) is 4.79 Å². The lowest BCUT2D eigenvalue weighted by atomic mass is 10.1. The highest BCUT2D eigenvalue weighted by atomic mass is 16.2. The predicted octanol–water partition coefficient (Wildman–Crippen LogP) is 1.65. The van der Waals surface area contributed by atoms with E-state index >= 15 is 0 Å². The van der Waals surface area contributed by atoms with E-state index < -0.39 is 0 Å². The molecule has 0 fully saturated rings. The predicted molar refractivity (Wildman–Crippen MR) is 70.5 cm³/mol. The van der Waals surface area contributed by atoms with Gasteiger partial charge in [-0.25, -0.2) is 0 Å². The van der Waals surface area contributed by atoms with E-state index in [4.69, 9.17) is 11.0 Å². The molecule has 0 saturated carbocycles. The van der Waals surface area contributed by atoms with Gasteiger partial charge >= 0.3 is 0 Å². The van der Waals surface area contributed by atoms with Crippen molar-refractivity contribution in [3.05, 3.63) is 35.4 Å². The van der Waals surface area contributed by atoms with Crippen LogP contribution in [0.2, 0.25) is 0 Å². The highest BCUT2D eigenvalue weighted by molar-refractivity contribution is 5.75. The molecule has 1 aromatic rings. The fraction of sp³-hybridized carbons (Fsp3) is 0.429. The third-order valence-electron chi connectivity index (χ3n) is 2.77. The summed E-state index contributed by atoms with van der Waals surface area (Å²) < 4.78 is 0. The third kappa shape index (κ3) is 4.56. The highest BCUT2D eigenvalue weighted by Crippen LogP contribution is 2.08. The lowest BCUT2D eigenvalue weighted by molar-refractivity contribution is -0.130. The van der Waals surface area contributed by atoms with Crippen LogP contribution in [-0.2, 0) is 11.3 Å². The number of amides is 1. The Bertz CT molecular complexity index is 420. The van der Waals surface area contributed by atoms with Crippen LogP contribution in [0.4, 0.5) is 0 Å². The van der Waals surface area contributed by atoms with Crippen molar-refractivity contribution in [2.45, 2.75) is 25.8 Å². The van der Waals surface area contributed by atoms with Crippen LogP contribution in [0.15, 0.2) is 24.3 Å². The molecule has 0 aliphatic rings. The molecule has 4 heteroatoms. The van der Waals surface area contributed by atoms with Crippen molar-refractivity contribution in [2.75, 3.05) is 13.6 Å². The number of nitriles is 1. The number of unbranched alkanes of at least 4 members (excludes halogenated alkanes) is 1. The maximum Gasteiger partial charge on any atom is 0.222 e. The van der Waals surface area contributed by atoms with Crippen molar-refractivity contribution in [3.63, 3.8) is 0 Å². The van der Waals surface area contributed by atoms with E-state index in [1.54, 1.807) is 24.1 Å². The molecule has 0 saturated heterocycles. The molecular weight excluding hydrogens is 226 g/mol. The molecule has 0 aliphatic heterocycles. The molecule has 0 spiro atoms. The first-order chi connectivity index (χ1) is 8.67. The quantitative estimate of drug-likeness (QED) is 0.775. The number of carbonyl (C=O) groups excluding carboxylic acids is 1. The van der Waals surface area contributed by atoms with Crippen LogP contribution in [-0.4, -0.2) is 24.4 Å². The second-order valence-corrected chi connectivity index (χ2v) is 4.30. The summed E-state index contributed by atoms with van der Waals surface area (Å²) in [7, 11) is 1.79. The molecule has 0 radical (unpaired) electrons. The van der Waals surface area contributed by atoms with E-state index in [0.717, 1.165) is 18.4 Å². The standard InChI is InChI=1S/C14H19N3O/c1-17(14(18)4-2-3-9-15)11-13-7-5-12(10-16)6-8-13/h5-8H,2-4,9,11,15H2,1H3. The molecule has 0 unspecified atom stereocenters. The van der Waals surface area contributed by atoms with Gasteiger partial charge in [0, 0.05) is 20.0 Å². The molecule has 0 bridgehead atoms. The normalized spacial score (nSPS) is 9.83. The van der Waals surface area contributed by atoms with Crippen LogP contribution in [0.1, 0.15) is 30.4 Å². The summed E-state index contributed by atoms with van der Waals surface area (Å²) in [5.41, 5.74) is 7.06. The summed E-state index contributed by atoms with van der Waals surface area (Å²) in [6.45, 7) is 1.21. The van der Waals surface area contributed by atoms with E-state index in [2.05, 4.69) is 6.07 Å².